The van der Waals surface area contributed by atoms with E-state index in [2.05, 4.69) is 14.9 Å². The standard InChI is InChI=1S/C10H10N4O3/c11-12-8(15)6-16-10-9(13-17-14-10)7-4-2-1-3-5-7/h1-5H,6,11H2,(H,12,15). The molecule has 0 bridgehead atoms. The van der Waals surface area contributed by atoms with Crippen LogP contribution in [0.3, 0.4) is 0 Å². The zero-order valence-electron chi connectivity index (χ0n) is 8.79. The highest BCUT2D eigenvalue weighted by Crippen LogP contribution is 2.25. The minimum atomic E-state index is -0.466. The lowest BCUT2D eigenvalue weighted by molar-refractivity contribution is -0.123. The average Bonchev–Trinajstić information content (AvgIpc) is 2.85. The van der Waals surface area contributed by atoms with Crippen molar-refractivity contribution in [1.29, 1.82) is 0 Å². The van der Waals surface area contributed by atoms with Gasteiger partial charge < -0.3 is 4.74 Å². The molecule has 2 aromatic rings. The fourth-order valence-corrected chi connectivity index (χ4v) is 1.22. The van der Waals surface area contributed by atoms with Crippen LogP contribution >= 0.6 is 0 Å². The Kier molecular flexibility index (Phi) is 3.31. The molecule has 88 valence electrons. The van der Waals surface area contributed by atoms with Crippen LogP contribution in [0.5, 0.6) is 5.88 Å². The minimum absolute atomic E-state index is 0.153. The lowest BCUT2D eigenvalue weighted by Crippen LogP contribution is -2.34. The van der Waals surface area contributed by atoms with Crippen LogP contribution in [0.2, 0.25) is 0 Å². The van der Waals surface area contributed by atoms with E-state index >= 15 is 0 Å². The van der Waals surface area contributed by atoms with E-state index in [-0.39, 0.29) is 12.5 Å². The number of carbonyl (C=O) groups is 1. The van der Waals surface area contributed by atoms with E-state index in [4.69, 9.17) is 10.6 Å². The van der Waals surface area contributed by atoms with Crippen LogP contribution in [0.15, 0.2) is 35.0 Å². The Morgan fingerprint density at radius 3 is 2.82 bits per heavy atom. The van der Waals surface area contributed by atoms with Crippen LogP contribution in [-0.2, 0) is 4.79 Å². The van der Waals surface area contributed by atoms with Gasteiger partial charge in [-0.25, -0.2) is 10.5 Å². The summed E-state index contributed by atoms with van der Waals surface area (Å²) >= 11 is 0. The van der Waals surface area contributed by atoms with Crippen molar-refractivity contribution in [1.82, 2.24) is 15.7 Å². The maximum Gasteiger partial charge on any atom is 0.284 e. The second-order valence-corrected chi connectivity index (χ2v) is 3.14. The summed E-state index contributed by atoms with van der Waals surface area (Å²) in [6, 6.07) is 9.23. The lowest BCUT2D eigenvalue weighted by atomic mass is 10.2. The molecule has 7 heteroatoms. The van der Waals surface area contributed by atoms with Crippen molar-refractivity contribution in [2.75, 3.05) is 6.61 Å². The van der Waals surface area contributed by atoms with Crippen molar-refractivity contribution in [2.24, 2.45) is 5.84 Å². The van der Waals surface area contributed by atoms with Gasteiger partial charge in [-0.15, -0.1) is 0 Å². The van der Waals surface area contributed by atoms with E-state index in [1.165, 1.54) is 0 Å². The van der Waals surface area contributed by atoms with Gasteiger partial charge in [0.05, 0.1) is 0 Å². The molecule has 7 nitrogen and oxygen atoms in total. The highest BCUT2D eigenvalue weighted by atomic mass is 16.6. The van der Waals surface area contributed by atoms with Gasteiger partial charge in [0.1, 0.15) is 0 Å². The van der Waals surface area contributed by atoms with Gasteiger partial charge in [-0.3, -0.25) is 10.2 Å². The van der Waals surface area contributed by atoms with Crippen molar-refractivity contribution in [3.63, 3.8) is 0 Å². The van der Waals surface area contributed by atoms with Crippen LogP contribution in [0.25, 0.3) is 11.3 Å². The largest absolute Gasteiger partial charge is 0.464 e. The third-order valence-electron chi connectivity index (χ3n) is 2.01. The van der Waals surface area contributed by atoms with E-state index in [0.717, 1.165) is 5.56 Å². The topological polar surface area (TPSA) is 103 Å². The third kappa shape index (κ3) is 2.58. The molecule has 3 N–H and O–H groups in total. The molecule has 1 amide bonds. The first-order valence-corrected chi connectivity index (χ1v) is 4.81. The Hall–Kier alpha value is -2.41. The molecular formula is C10H10N4O3. The smallest absolute Gasteiger partial charge is 0.284 e. The van der Waals surface area contributed by atoms with Crippen LogP contribution < -0.4 is 16.0 Å². The molecule has 0 spiro atoms. The second kappa shape index (κ2) is 5.08. The van der Waals surface area contributed by atoms with Crippen LogP contribution in [-0.4, -0.2) is 22.8 Å². The summed E-state index contributed by atoms with van der Waals surface area (Å²) in [4.78, 5) is 10.9. The summed E-state index contributed by atoms with van der Waals surface area (Å²) in [7, 11) is 0. The first kappa shape index (κ1) is 11.1. The molecule has 0 aliphatic heterocycles. The van der Waals surface area contributed by atoms with E-state index < -0.39 is 5.91 Å². The molecule has 2 rings (SSSR count). The van der Waals surface area contributed by atoms with E-state index in [1.54, 1.807) is 0 Å². The molecule has 0 unspecified atom stereocenters. The van der Waals surface area contributed by atoms with Crippen molar-refractivity contribution in [3.05, 3.63) is 30.3 Å². The number of nitrogens with two attached hydrogens (primary N) is 1. The number of nitrogens with zero attached hydrogens (tertiary/aromatic N) is 2. The number of aromatic nitrogens is 2. The summed E-state index contributed by atoms with van der Waals surface area (Å²) < 4.78 is 9.70. The second-order valence-electron chi connectivity index (χ2n) is 3.14. The molecular weight excluding hydrogens is 224 g/mol. The monoisotopic (exact) mass is 234 g/mol. The first-order valence-electron chi connectivity index (χ1n) is 4.81. The molecule has 17 heavy (non-hydrogen) atoms. The molecule has 0 aliphatic rings. The molecule has 0 aliphatic carbocycles. The molecule has 1 heterocycles. The zero-order valence-corrected chi connectivity index (χ0v) is 8.79. The molecule has 1 aromatic heterocycles. The predicted molar refractivity (Wildman–Crippen MR) is 57.6 cm³/mol. The average molecular weight is 234 g/mol. The van der Waals surface area contributed by atoms with Gasteiger partial charge in [-0.2, -0.15) is 0 Å². The van der Waals surface area contributed by atoms with Gasteiger partial charge in [0.25, 0.3) is 11.8 Å². The van der Waals surface area contributed by atoms with Gasteiger partial charge in [0.15, 0.2) is 12.3 Å². The number of ether oxygens (including phenoxy) is 1. The number of hydrogen-bond donors (Lipinski definition) is 2. The maximum atomic E-state index is 10.9. The van der Waals surface area contributed by atoms with Gasteiger partial charge >= 0.3 is 0 Å². The summed E-state index contributed by atoms with van der Waals surface area (Å²) in [5, 5.41) is 7.29. The van der Waals surface area contributed by atoms with Gasteiger partial charge in [-0.1, -0.05) is 30.3 Å². The molecule has 0 fully saturated rings. The first-order chi connectivity index (χ1) is 8.31. The molecule has 0 radical (unpaired) electrons. The van der Waals surface area contributed by atoms with Crippen LogP contribution in [0.1, 0.15) is 0 Å². The number of rotatable bonds is 4. The summed E-state index contributed by atoms with van der Waals surface area (Å²) in [6.07, 6.45) is 0. The van der Waals surface area contributed by atoms with Gasteiger partial charge in [0.2, 0.25) is 0 Å². The highest BCUT2D eigenvalue weighted by Gasteiger charge is 2.14. The van der Waals surface area contributed by atoms with Crippen molar-refractivity contribution >= 4 is 5.91 Å². The number of carbonyl (C=O) groups excluding carboxylic acids is 1. The van der Waals surface area contributed by atoms with Crippen molar-refractivity contribution in [3.8, 4) is 17.1 Å². The Morgan fingerprint density at radius 2 is 2.12 bits per heavy atom. The summed E-state index contributed by atoms with van der Waals surface area (Å²) in [5.74, 6) is 4.61. The third-order valence-corrected chi connectivity index (χ3v) is 2.01. The number of amides is 1. The van der Waals surface area contributed by atoms with Crippen molar-refractivity contribution < 1.29 is 14.2 Å². The van der Waals surface area contributed by atoms with E-state index in [1.807, 2.05) is 35.8 Å². The van der Waals surface area contributed by atoms with Gasteiger partial charge in [-0.05, 0) is 10.3 Å². The fraction of sp³-hybridized carbons (Fsp3) is 0.100. The van der Waals surface area contributed by atoms with E-state index in [0.29, 0.717) is 5.69 Å². The van der Waals surface area contributed by atoms with Gasteiger partial charge in [0, 0.05) is 5.56 Å². The number of hydrogen-bond acceptors (Lipinski definition) is 6. The Bertz CT molecular complexity index is 497. The number of hydrazine groups is 1. The fourth-order valence-electron chi connectivity index (χ4n) is 1.22. The van der Waals surface area contributed by atoms with Crippen LogP contribution in [0.4, 0.5) is 0 Å². The van der Waals surface area contributed by atoms with Crippen molar-refractivity contribution in [2.45, 2.75) is 0 Å². The molecule has 0 saturated carbocycles. The Morgan fingerprint density at radius 1 is 1.35 bits per heavy atom. The van der Waals surface area contributed by atoms with Crippen LogP contribution in [0, 0.1) is 0 Å². The minimum Gasteiger partial charge on any atom is -0.464 e. The summed E-state index contributed by atoms with van der Waals surface area (Å²) in [6.45, 7) is -0.245. The number of benzene rings is 1. The quantitative estimate of drug-likeness (QED) is 0.442. The SMILES string of the molecule is NNC(=O)COc1nonc1-c1ccccc1. The normalized spacial score (nSPS) is 9.94. The maximum absolute atomic E-state index is 10.9. The number of nitrogens with one attached hydrogen (secondary N) is 1. The van der Waals surface area contributed by atoms with E-state index in [9.17, 15) is 4.79 Å². The summed E-state index contributed by atoms with van der Waals surface area (Å²) in [5.41, 5.74) is 3.17. The molecule has 1 aromatic carbocycles. The zero-order chi connectivity index (χ0) is 12.1. The highest BCUT2D eigenvalue weighted by molar-refractivity contribution is 5.77. The Balaban J connectivity index is 2.15. The molecule has 0 atom stereocenters. The predicted octanol–water partition coefficient (Wildman–Crippen LogP) is 0.105. The molecule has 0 saturated heterocycles. The Labute approximate surface area is 96.5 Å². The lowest BCUT2D eigenvalue weighted by Gasteiger charge is -2.02.